The fraction of sp³-hybridized carbons (Fsp3) is 0.400. The van der Waals surface area contributed by atoms with E-state index in [4.69, 9.17) is 15.2 Å². The number of hydrogen-bond acceptors (Lipinski definition) is 3. The van der Waals surface area contributed by atoms with E-state index in [9.17, 15) is 4.39 Å². The first kappa shape index (κ1) is 12.3. The maximum Gasteiger partial charge on any atom is 0.133 e. The Morgan fingerprint density at radius 3 is 2.40 bits per heavy atom. The van der Waals surface area contributed by atoms with Gasteiger partial charge < -0.3 is 15.2 Å². The summed E-state index contributed by atoms with van der Waals surface area (Å²) in [4.78, 5) is 0. The number of rotatable bonds is 4. The summed E-state index contributed by atoms with van der Waals surface area (Å²) in [5.74, 6) is 1.16. The summed E-state index contributed by atoms with van der Waals surface area (Å²) < 4.78 is 23.5. The van der Waals surface area contributed by atoms with Crippen molar-refractivity contribution in [3.05, 3.63) is 22.2 Å². The molecule has 3 nitrogen and oxygen atoms in total. The average Bonchev–Trinajstić information content (AvgIpc) is 2.27. The van der Waals surface area contributed by atoms with E-state index < -0.39 is 12.7 Å². The van der Waals surface area contributed by atoms with Crippen LogP contribution in [-0.4, -0.2) is 20.9 Å². The topological polar surface area (TPSA) is 44.5 Å². The van der Waals surface area contributed by atoms with Crippen LogP contribution in [0.2, 0.25) is 0 Å². The third-order valence-corrected chi connectivity index (χ3v) is 2.69. The lowest BCUT2D eigenvalue weighted by Crippen LogP contribution is -2.13. The van der Waals surface area contributed by atoms with Crippen LogP contribution < -0.4 is 15.2 Å². The highest BCUT2D eigenvalue weighted by atomic mass is 79.9. The highest BCUT2D eigenvalue weighted by Gasteiger charge is 2.15. The van der Waals surface area contributed by atoms with Gasteiger partial charge in [-0.05, 0) is 28.1 Å². The molecular weight excluding hydrogens is 265 g/mol. The van der Waals surface area contributed by atoms with Crippen LogP contribution >= 0.6 is 15.9 Å². The SMILES string of the molecule is COc1cc([C@H](N)CF)c(OC)cc1Br. The van der Waals surface area contributed by atoms with Gasteiger partial charge in [0.25, 0.3) is 0 Å². The summed E-state index contributed by atoms with van der Waals surface area (Å²) in [7, 11) is 3.06. The van der Waals surface area contributed by atoms with E-state index in [-0.39, 0.29) is 0 Å². The third kappa shape index (κ3) is 2.60. The molecule has 5 heteroatoms. The Morgan fingerprint density at radius 2 is 1.93 bits per heavy atom. The molecule has 1 aromatic carbocycles. The lowest BCUT2D eigenvalue weighted by atomic mass is 10.1. The Labute approximate surface area is 96.5 Å². The first-order valence-electron chi connectivity index (χ1n) is 4.37. The Bertz CT molecular complexity index is 346. The maximum atomic E-state index is 12.5. The van der Waals surface area contributed by atoms with Gasteiger partial charge in [0.05, 0.1) is 24.7 Å². The van der Waals surface area contributed by atoms with Crippen LogP contribution in [0, 0.1) is 0 Å². The van der Waals surface area contributed by atoms with Crippen molar-refractivity contribution in [2.24, 2.45) is 5.73 Å². The van der Waals surface area contributed by atoms with Gasteiger partial charge in [0.2, 0.25) is 0 Å². The summed E-state index contributed by atoms with van der Waals surface area (Å²) in [5.41, 5.74) is 6.22. The van der Waals surface area contributed by atoms with Gasteiger partial charge in [-0.1, -0.05) is 0 Å². The molecule has 15 heavy (non-hydrogen) atoms. The minimum Gasteiger partial charge on any atom is -0.496 e. The minimum absolute atomic E-state index is 0.549. The van der Waals surface area contributed by atoms with Crippen molar-refractivity contribution in [2.75, 3.05) is 20.9 Å². The van der Waals surface area contributed by atoms with Gasteiger partial charge in [0.1, 0.15) is 18.2 Å². The molecular formula is C10H13BrFNO2. The molecule has 0 aliphatic rings. The van der Waals surface area contributed by atoms with Crippen molar-refractivity contribution in [3.8, 4) is 11.5 Å². The van der Waals surface area contributed by atoms with Crippen molar-refractivity contribution in [3.63, 3.8) is 0 Å². The van der Waals surface area contributed by atoms with Crippen molar-refractivity contribution < 1.29 is 13.9 Å². The van der Waals surface area contributed by atoms with Crippen LogP contribution in [0.15, 0.2) is 16.6 Å². The summed E-state index contributed by atoms with van der Waals surface area (Å²) >= 11 is 3.31. The number of alkyl halides is 1. The molecule has 0 unspecified atom stereocenters. The molecule has 0 saturated heterocycles. The molecule has 1 atom stereocenters. The second-order valence-corrected chi connectivity index (χ2v) is 3.84. The summed E-state index contributed by atoms with van der Waals surface area (Å²) in [6, 6.07) is 2.69. The van der Waals surface area contributed by atoms with Gasteiger partial charge in [-0.15, -0.1) is 0 Å². The average molecular weight is 278 g/mol. The molecule has 0 aliphatic heterocycles. The van der Waals surface area contributed by atoms with Crippen LogP contribution in [0.3, 0.4) is 0 Å². The molecule has 84 valence electrons. The lowest BCUT2D eigenvalue weighted by molar-refractivity contribution is 0.380. The van der Waals surface area contributed by atoms with E-state index in [1.54, 1.807) is 12.1 Å². The fourth-order valence-electron chi connectivity index (χ4n) is 1.26. The zero-order chi connectivity index (χ0) is 11.4. The molecule has 0 heterocycles. The van der Waals surface area contributed by atoms with E-state index >= 15 is 0 Å². The maximum absolute atomic E-state index is 12.5. The molecule has 0 radical (unpaired) electrons. The largest absolute Gasteiger partial charge is 0.496 e. The van der Waals surface area contributed by atoms with Gasteiger partial charge in [-0.3, -0.25) is 0 Å². The van der Waals surface area contributed by atoms with E-state index in [0.717, 1.165) is 4.47 Å². The van der Waals surface area contributed by atoms with Crippen molar-refractivity contribution in [1.82, 2.24) is 0 Å². The Morgan fingerprint density at radius 1 is 1.33 bits per heavy atom. The first-order valence-corrected chi connectivity index (χ1v) is 5.16. The number of hydrogen-bond donors (Lipinski definition) is 1. The number of methoxy groups -OCH3 is 2. The van der Waals surface area contributed by atoms with E-state index in [1.807, 2.05) is 0 Å². The van der Waals surface area contributed by atoms with Crippen LogP contribution in [0.4, 0.5) is 4.39 Å². The second-order valence-electron chi connectivity index (χ2n) is 2.99. The van der Waals surface area contributed by atoms with Crippen molar-refractivity contribution >= 4 is 15.9 Å². The molecule has 0 bridgehead atoms. The molecule has 0 aliphatic carbocycles. The second kappa shape index (κ2) is 5.32. The summed E-state index contributed by atoms with van der Waals surface area (Å²) in [5, 5.41) is 0. The number of benzene rings is 1. The monoisotopic (exact) mass is 277 g/mol. The van der Waals surface area contributed by atoms with Crippen LogP contribution in [-0.2, 0) is 0 Å². The summed E-state index contributed by atoms with van der Waals surface area (Å²) in [6.07, 6.45) is 0. The van der Waals surface area contributed by atoms with E-state index in [2.05, 4.69) is 15.9 Å². The molecule has 0 saturated carbocycles. The van der Waals surface area contributed by atoms with Gasteiger partial charge in [0, 0.05) is 5.56 Å². The molecule has 2 N–H and O–H groups in total. The molecule has 0 fully saturated rings. The third-order valence-electron chi connectivity index (χ3n) is 2.07. The van der Waals surface area contributed by atoms with Crippen LogP contribution in [0.1, 0.15) is 11.6 Å². The quantitative estimate of drug-likeness (QED) is 0.920. The van der Waals surface area contributed by atoms with Crippen molar-refractivity contribution in [2.45, 2.75) is 6.04 Å². The zero-order valence-electron chi connectivity index (χ0n) is 8.59. The highest BCUT2D eigenvalue weighted by molar-refractivity contribution is 9.10. The Balaban J connectivity index is 3.22. The highest BCUT2D eigenvalue weighted by Crippen LogP contribution is 2.35. The van der Waals surface area contributed by atoms with E-state index in [1.165, 1.54) is 14.2 Å². The summed E-state index contributed by atoms with van der Waals surface area (Å²) in [6.45, 7) is -0.638. The van der Waals surface area contributed by atoms with Gasteiger partial charge in [0.15, 0.2) is 0 Å². The molecule has 0 spiro atoms. The van der Waals surface area contributed by atoms with Crippen LogP contribution in [0.5, 0.6) is 11.5 Å². The zero-order valence-corrected chi connectivity index (χ0v) is 10.2. The first-order chi connectivity index (χ1) is 7.13. The number of ether oxygens (including phenoxy) is 2. The number of halogens is 2. The molecule has 1 aromatic rings. The molecule has 0 amide bonds. The molecule has 1 rings (SSSR count). The van der Waals surface area contributed by atoms with Gasteiger partial charge >= 0.3 is 0 Å². The number of nitrogens with two attached hydrogens (primary N) is 1. The molecule has 0 aromatic heterocycles. The Kier molecular flexibility index (Phi) is 4.35. The predicted octanol–water partition coefficient (Wildman–Crippen LogP) is 2.44. The van der Waals surface area contributed by atoms with Crippen molar-refractivity contribution in [1.29, 1.82) is 0 Å². The predicted molar refractivity (Wildman–Crippen MR) is 60.1 cm³/mol. The van der Waals surface area contributed by atoms with E-state index in [0.29, 0.717) is 17.1 Å². The normalized spacial score (nSPS) is 12.3. The van der Waals surface area contributed by atoms with Gasteiger partial charge in [-0.2, -0.15) is 0 Å². The minimum atomic E-state index is -0.693. The standard InChI is InChI=1S/C10H13BrFNO2/c1-14-9-4-7(11)10(15-2)3-6(9)8(13)5-12/h3-4,8H,5,13H2,1-2H3/t8-/m1/s1. The van der Waals surface area contributed by atoms with Gasteiger partial charge in [-0.25, -0.2) is 4.39 Å². The Hall–Kier alpha value is -0.810. The smallest absolute Gasteiger partial charge is 0.133 e. The lowest BCUT2D eigenvalue weighted by Gasteiger charge is -2.15. The fourth-order valence-corrected chi connectivity index (χ4v) is 1.74. The van der Waals surface area contributed by atoms with Crippen LogP contribution in [0.25, 0.3) is 0 Å².